The molecule has 4 fully saturated rings. The van der Waals surface area contributed by atoms with Crippen molar-refractivity contribution in [1.82, 2.24) is 14.1 Å². The molecule has 252 valence electrons. The molecular weight excluding hydrogens is 629 g/mol. The third kappa shape index (κ3) is 6.37. The molecule has 2 aliphatic carbocycles. The van der Waals surface area contributed by atoms with E-state index in [1.165, 1.54) is 17.1 Å². The van der Waals surface area contributed by atoms with Crippen molar-refractivity contribution in [3.63, 3.8) is 0 Å². The number of carbonyl (C=O) groups excluding carboxylic acids is 1. The summed E-state index contributed by atoms with van der Waals surface area (Å²) in [5.41, 5.74) is 5.44. The van der Waals surface area contributed by atoms with Gasteiger partial charge in [0.15, 0.2) is 0 Å². The van der Waals surface area contributed by atoms with E-state index in [0.29, 0.717) is 32.6 Å². The van der Waals surface area contributed by atoms with E-state index in [1.807, 2.05) is 23.1 Å². The number of sulfonamides is 1. The van der Waals surface area contributed by atoms with Crippen molar-refractivity contribution in [2.75, 3.05) is 32.7 Å². The number of benzene rings is 3. The summed E-state index contributed by atoms with van der Waals surface area (Å²) in [5.74, 6) is 0.490. The minimum Gasteiger partial charge on any atom is -0.490 e. The highest BCUT2D eigenvalue weighted by atomic mass is 32.2. The van der Waals surface area contributed by atoms with Crippen molar-refractivity contribution < 1.29 is 31.1 Å². The Balaban J connectivity index is 1.10. The normalized spacial score (nSPS) is 24.2. The molecule has 4 aliphatic rings. The maximum Gasteiger partial charge on any atom is 0.398 e. The van der Waals surface area contributed by atoms with Gasteiger partial charge in [0.2, 0.25) is 15.9 Å². The summed E-state index contributed by atoms with van der Waals surface area (Å²) in [7, 11) is -4.05. The number of nitrogens with two attached hydrogens (primary N) is 1. The van der Waals surface area contributed by atoms with Crippen molar-refractivity contribution in [2.24, 2.45) is 5.73 Å². The molecule has 0 unspecified atom stereocenters. The maximum atomic E-state index is 14.2. The molecule has 7 rings (SSSR count). The standard InChI is InChI=1S/C35H41F3N4O4S/c36-35(37,38)34(14-15-34)27-9-5-24(6-10-27)21-40-17-18-42(32(23-40)33(43)41-16-13-28(39)22-41)47(44,45)31-12-8-25-19-30(11-7-26(25)20-31)46-29-3-1-2-4-29/h5-12,19-20,28-29,32H,1-4,13-18,21-23,39H2/t28-,32-/m0/s1. The molecule has 3 aromatic carbocycles. The molecule has 2 saturated carbocycles. The Bertz CT molecular complexity index is 1740. The van der Waals surface area contributed by atoms with Gasteiger partial charge >= 0.3 is 6.18 Å². The average Bonchev–Trinajstić information content (AvgIpc) is 3.52. The number of hydrogen-bond acceptors (Lipinski definition) is 6. The topological polar surface area (TPSA) is 96.2 Å². The molecule has 2 saturated heterocycles. The molecule has 2 heterocycles. The van der Waals surface area contributed by atoms with Crippen LogP contribution in [0.25, 0.3) is 10.8 Å². The van der Waals surface area contributed by atoms with Crippen LogP contribution in [-0.4, -0.2) is 85.5 Å². The van der Waals surface area contributed by atoms with Crippen LogP contribution in [0.2, 0.25) is 0 Å². The van der Waals surface area contributed by atoms with Gasteiger partial charge in [-0.3, -0.25) is 9.69 Å². The third-order valence-electron chi connectivity index (χ3n) is 10.4. The van der Waals surface area contributed by atoms with Crippen LogP contribution in [-0.2, 0) is 26.8 Å². The Labute approximate surface area is 273 Å². The van der Waals surface area contributed by atoms with Crippen LogP contribution >= 0.6 is 0 Å². The lowest BCUT2D eigenvalue weighted by Gasteiger charge is -2.41. The van der Waals surface area contributed by atoms with Crippen LogP contribution < -0.4 is 10.5 Å². The number of amides is 1. The van der Waals surface area contributed by atoms with Gasteiger partial charge in [0, 0.05) is 45.3 Å². The molecule has 8 nitrogen and oxygen atoms in total. The molecule has 47 heavy (non-hydrogen) atoms. The lowest BCUT2D eigenvalue weighted by Crippen LogP contribution is -2.60. The number of alkyl halides is 3. The van der Waals surface area contributed by atoms with E-state index in [0.717, 1.165) is 34.9 Å². The summed E-state index contributed by atoms with van der Waals surface area (Å²) < 4.78 is 76.7. The van der Waals surface area contributed by atoms with E-state index in [4.69, 9.17) is 10.5 Å². The number of likely N-dealkylation sites (tertiary alicyclic amines) is 1. The van der Waals surface area contributed by atoms with Crippen LogP contribution in [0.3, 0.4) is 0 Å². The predicted octanol–water partition coefficient (Wildman–Crippen LogP) is 5.19. The monoisotopic (exact) mass is 670 g/mol. The third-order valence-corrected chi connectivity index (χ3v) is 12.3. The van der Waals surface area contributed by atoms with E-state index in [-0.39, 0.29) is 54.4 Å². The van der Waals surface area contributed by atoms with E-state index >= 15 is 0 Å². The smallest absolute Gasteiger partial charge is 0.398 e. The minimum absolute atomic E-state index is 0.0973. The maximum absolute atomic E-state index is 14.2. The van der Waals surface area contributed by atoms with Crippen LogP contribution in [0.5, 0.6) is 5.75 Å². The summed E-state index contributed by atoms with van der Waals surface area (Å²) in [6.45, 7) is 1.85. The summed E-state index contributed by atoms with van der Waals surface area (Å²) in [6, 6.07) is 16.1. The van der Waals surface area contributed by atoms with Gasteiger partial charge in [0.05, 0.1) is 16.4 Å². The van der Waals surface area contributed by atoms with Crippen LogP contribution in [0.1, 0.15) is 56.1 Å². The first-order valence-corrected chi connectivity index (χ1v) is 18.0. The zero-order valence-corrected chi connectivity index (χ0v) is 27.1. The SMILES string of the molecule is N[C@H]1CCN(C(=O)[C@@H]2CN(Cc3ccc(C4(C(F)(F)F)CC4)cc3)CCN2S(=O)(=O)c2ccc3cc(OC4CCCC4)ccc3c2)C1. The van der Waals surface area contributed by atoms with Gasteiger partial charge in [-0.1, -0.05) is 36.4 Å². The molecule has 0 bridgehead atoms. The van der Waals surface area contributed by atoms with Gasteiger partial charge in [-0.05, 0) is 91.1 Å². The second kappa shape index (κ2) is 12.4. The average molecular weight is 671 g/mol. The Morgan fingerprint density at radius 2 is 1.60 bits per heavy atom. The predicted molar refractivity (Wildman–Crippen MR) is 172 cm³/mol. The number of ether oxygens (including phenoxy) is 1. The fourth-order valence-corrected chi connectivity index (χ4v) is 9.07. The lowest BCUT2D eigenvalue weighted by molar-refractivity contribution is -0.160. The summed E-state index contributed by atoms with van der Waals surface area (Å²) >= 11 is 0. The number of halogens is 3. The Morgan fingerprint density at radius 1 is 0.894 bits per heavy atom. The van der Waals surface area contributed by atoms with Crippen molar-refractivity contribution in [3.05, 3.63) is 71.8 Å². The van der Waals surface area contributed by atoms with E-state index in [2.05, 4.69) is 0 Å². The molecule has 2 atom stereocenters. The first kappa shape index (κ1) is 32.4. The Morgan fingerprint density at radius 3 is 2.26 bits per heavy atom. The van der Waals surface area contributed by atoms with Gasteiger partial charge < -0.3 is 15.4 Å². The van der Waals surface area contributed by atoms with Crippen LogP contribution in [0, 0.1) is 0 Å². The molecule has 0 aromatic heterocycles. The summed E-state index contributed by atoms with van der Waals surface area (Å²) in [5, 5.41) is 1.63. The van der Waals surface area contributed by atoms with Gasteiger partial charge in [-0.25, -0.2) is 8.42 Å². The number of rotatable bonds is 8. The number of carbonyl (C=O) groups is 1. The number of hydrogen-bond donors (Lipinski definition) is 1. The van der Waals surface area contributed by atoms with Crippen molar-refractivity contribution in [2.45, 2.75) is 86.2 Å². The molecule has 0 radical (unpaired) electrons. The fourth-order valence-electron chi connectivity index (χ4n) is 7.47. The highest BCUT2D eigenvalue weighted by molar-refractivity contribution is 7.89. The van der Waals surface area contributed by atoms with Crippen molar-refractivity contribution in [3.8, 4) is 5.75 Å². The molecule has 2 N–H and O–H groups in total. The quantitative estimate of drug-likeness (QED) is 0.355. The number of piperazine rings is 1. The first-order valence-electron chi connectivity index (χ1n) is 16.6. The fraction of sp³-hybridized carbons (Fsp3) is 0.514. The molecule has 3 aromatic rings. The summed E-state index contributed by atoms with van der Waals surface area (Å²) in [4.78, 5) is 17.7. The van der Waals surface area contributed by atoms with Crippen LogP contribution in [0.15, 0.2) is 65.6 Å². The zero-order chi connectivity index (χ0) is 33.0. The highest BCUT2D eigenvalue weighted by Gasteiger charge is 2.64. The number of nitrogens with zero attached hydrogens (tertiary/aromatic N) is 3. The second-order valence-corrected chi connectivity index (χ2v) is 15.6. The number of fused-ring (bicyclic) bond motifs is 1. The second-order valence-electron chi connectivity index (χ2n) is 13.7. The minimum atomic E-state index is -4.28. The zero-order valence-electron chi connectivity index (χ0n) is 26.3. The Hall–Kier alpha value is -3.19. The lowest BCUT2D eigenvalue weighted by atomic mass is 9.94. The van der Waals surface area contributed by atoms with Gasteiger partial charge in [-0.15, -0.1) is 0 Å². The Kier molecular flexibility index (Phi) is 8.51. The summed E-state index contributed by atoms with van der Waals surface area (Å²) in [6.07, 6.45) is 1.21. The molecule has 0 spiro atoms. The van der Waals surface area contributed by atoms with E-state index in [1.54, 1.807) is 47.4 Å². The first-order chi connectivity index (χ1) is 22.4. The van der Waals surface area contributed by atoms with Crippen molar-refractivity contribution in [1.29, 1.82) is 0 Å². The van der Waals surface area contributed by atoms with E-state index < -0.39 is 27.7 Å². The van der Waals surface area contributed by atoms with Crippen LogP contribution in [0.4, 0.5) is 13.2 Å². The van der Waals surface area contributed by atoms with Crippen molar-refractivity contribution >= 4 is 26.7 Å². The molecule has 2 aliphatic heterocycles. The molecule has 1 amide bonds. The highest BCUT2D eigenvalue weighted by Crippen LogP contribution is 2.58. The van der Waals surface area contributed by atoms with Gasteiger partial charge in [0.1, 0.15) is 11.8 Å². The van der Waals surface area contributed by atoms with E-state index in [9.17, 15) is 26.4 Å². The molecule has 12 heteroatoms. The van der Waals surface area contributed by atoms with Gasteiger partial charge in [0.25, 0.3) is 0 Å². The largest absolute Gasteiger partial charge is 0.490 e. The van der Waals surface area contributed by atoms with Gasteiger partial charge in [-0.2, -0.15) is 17.5 Å². The molecular formula is C35H41F3N4O4S.